The van der Waals surface area contributed by atoms with E-state index in [1.54, 1.807) is 6.07 Å². The fourth-order valence-corrected chi connectivity index (χ4v) is 4.48. The fourth-order valence-electron chi connectivity index (χ4n) is 4.48. The Hall–Kier alpha value is -2.67. The summed E-state index contributed by atoms with van der Waals surface area (Å²) in [6.07, 6.45) is 3.57. The topological polar surface area (TPSA) is 94.4 Å². The highest BCUT2D eigenvalue weighted by atomic mass is 16.3. The van der Waals surface area contributed by atoms with Gasteiger partial charge in [0.2, 0.25) is 11.5 Å². The summed E-state index contributed by atoms with van der Waals surface area (Å²) >= 11 is 0. The minimum atomic E-state index is -0.323. The number of carbonyl (C=O) groups is 1. The molecule has 1 amide bonds. The van der Waals surface area contributed by atoms with Crippen LogP contribution >= 0.6 is 0 Å². The van der Waals surface area contributed by atoms with Crippen molar-refractivity contribution in [1.82, 2.24) is 14.5 Å². The van der Waals surface area contributed by atoms with Crippen molar-refractivity contribution in [1.29, 1.82) is 0 Å². The maximum absolute atomic E-state index is 12.7. The van der Waals surface area contributed by atoms with E-state index < -0.39 is 0 Å². The Labute approximate surface area is 149 Å². The van der Waals surface area contributed by atoms with Gasteiger partial charge in [-0.15, -0.1) is 0 Å². The van der Waals surface area contributed by atoms with Gasteiger partial charge in [0.25, 0.3) is 5.56 Å². The highest BCUT2D eigenvalue weighted by Gasteiger charge is 2.42. The summed E-state index contributed by atoms with van der Waals surface area (Å²) in [6, 6.07) is 7.59. The molecule has 1 aliphatic heterocycles. The minimum Gasteiger partial charge on any atom is -0.448 e. The van der Waals surface area contributed by atoms with E-state index in [-0.39, 0.29) is 29.6 Å². The predicted octanol–water partition coefficient (Wildman–Crippen LogP) is 1.34. The summed E-state index contributed by atoms with van der Waals surface area (Å²) < 4.78 is 7.00. The second kappa shape index (κ2) is 5.67. The number of aromatic nitrogens is 2. The van der Waals surface area contributed by atoms with Gasteiger partial charge in [-0.2, -0.15) is 0 Å². The number of benzene rings is 1. The molecule has 134 valence electrons. The zero-order valence-corrected chi connectivity index (χ0v) is 14.3. The van der Waals surface area contributed by atoms with Crippen LogP contribution in [0.5, 0.6) is 0 Å². The summed E-state index contributed by atoms with van der Waals surface area (Å²) in [7, 11) is 0. The van der Waals surface area contributed by atoms with Crippen molar-refractivity contribution in [2.45, 2.75) is 25.4 Å². The first kappa shape index (κ1) is 15.6. The largest absolute Gasteiger partial charge is 0.448 e. The van der Waals surface area contributed by atoms with Crippen LogP contribution in [0, 0.1) is 11.8 Å². The molecule has 1 saturated heterocycles. The van der Waals surface area contributed by atoms with E-state index in [9.17, 15) is 9.59 Å². The first-order chi connectivity index (χ1) is 12.6. The van der Waals surface area contributed by atoms with Gasteiger partial charge in [0.1, 0.15) is 17.6 Å². The fraction of sp³-hybridized carbons (Fsp3) is 0.421. The lowest BCUT2D eigenvalue weighted by Gasteiger charge is -2.19. The van der Waals surface area contributed by atoms with Gasteiger partial charge in [0.15, 0.2) is 0 Å². The first-order valence-electron chi connectivity index (χ1n) is 9.02. The molecule has 0 bridgehead atoms. The van der Waals surface area contributed by atoms with Crippen LogP contribution in [0.25, 0.3) is 22.1 Å². The third-order valence-electron chi connectivity index (χ3n) is 5.92. The normalized spacial score (nSPS) is 25.3. The van der Waals surface area contributed by atoms with E-state index in [1.807, 2.05) is 23.1 Å². The number of likely N-dealkylation sites (tertiary alicyclic amines) is 1. The molecule has 3 unspecified atom stereocenters. The van der Waals surface area contributed by atoms with Crippen molar-refractivity contribution in [2.24, 2.45) is 17.6 Å². The average Bonchev–Trinajstić information content (AvgIpc) is 3.32. The molecule has 1 aromatic carbocycles. The maximum Gasteiger partial charge on any atom is 0.297 e. The molecule has 3 aromatic rings. The van der Waals surface area contributed by atoms with Crippen molar-refractivity contribution in [3.05, 3.63) is 40.9 Å². The number of nitrogens with zero attached hydrogens (tertiary/aromatic N) is 3. The molecule has 7 nitrogen and oxygen atoms in total. The SMILES string of the molecule is NC1CCC2CN(C(=O)Cn3cnc4c(oc5ccccc54)c3=O)CC12. The number of carbonyl (C=O) groups excluding carboxylic acids is 1. The molecule has 2 fully saturated rings. The van der Waals surface area contributed by atoms with Crippen LogP contribution in [-0.2, 0) is 11.3 Å². The van der Waals surface area contributed by atoms with Crippen molar-refractivity contribution in [3.63, 3.8) is 0 Å². The molecule has 1 aliphatic carbocycles. The van der Waals surface area contributed by atoms with Crippen LogP contribution in [0.2, 0.25) is 0 Å². The molecular weight excluding hydrogens is 332 g/mol. The lowest BCUT2D eigenvalue weighted by atomic mass is 9.98. The number of rotatable bonds is 2. The quantitative estimate of drug-likeness (QED) is 0.751. The molecule has 0 spiro atoms. The van der Waals surface area contributed by atoms with Crippen LogP contribution in [0.4, 0.5) is 0 Å². The number of nitrogens with two attached hydrogens (primary N) is 1. The first-order valence-corrected chi connectivity index (χ1v) is 9.02. The number of hydrogen-bond donors (Lipinski definition) is 1. The molecule has 26 heavy (non-hydrogen) atoms. The van der Waals surface area contributed by atoms with Crippen LogP contribution in [-0.4, -0.2) is 39.5 Å². The zero-order valence-electron chi connectivity index (χ0n) is 14.3. The molecule has 2 N–H and O–H groups in total. The predicted molar refractivity (Wildman–Crippen MR) is 96.5 cm³/mol. The molecule has 3 heterocycles. The van der Waals surface area contributed by atoms with Crippen molar-refractivity contribution in [3.8, 4) is 0 Å². The lowest BCUT2D eigenvalue weighted by molar-refractivity contribution is -0.131. The van der Waals surface area contributed by atoms with Gasteiger partial charge < -0.3 is 15.1 Å². The monoisotopic (exact) mass is 352 g/mol. The van der Waals surface area contributed by atoms with Crippen LogP contribution in [0.1, 0.15) is 12.8 Å². The van der Waals surface area contributed by atoms with Crippen LogP contribution < -0.4 is 11.3 Å². The summed E-state index contributed by atoms with van der Waals surface area (Å²) in [5.41, 5.74) is 7.18. The molecule has 1 saturated carbocycles. The zero-order chi connectivity index (χ0) is 17.8. The van der Waals surface area contributed by atoms with Gasteiger partial charge >= 0.3 is 0 Å². The molecule has 0 radical (unpaired) electrons. The third-order valence-corrected chi connectivity index (χ3v) is 5.92. The Morgan fingerprint density at radius 1 is 1.27 bits per heavy atom. The van der Waals surface area contributed by atoms with E-state index in [0.29, 0.717) is 29.5 Å². The number of fused-ring (bicyclic) bond motifs is 4. The second-order valence-corrected chi connectivity index (χ2v) is 7.42. The third kappa shape index (κ3) is 2.27. The molecule has 3 atom stereocenters. The number of para-hydroxylation sites is 1. The molecular formula is C19H20N4O3. The smallest absolute Gasteiger partial charge is 0.297 e. The molecule has 2 aliphatic rings. The van der Waals surface area contributed by atoms with E-state index >= 15 is 0 Å². The number of hydrogen-bond acceptors (Lipinski definition) is 5. The average molecular weight is 352 g/mol. The van der Waals surface area contributed by atoms with Crippen LogP contribution in [0.15, 0.2) is 39.8 Å². The number of amides is 1. The lowest BCUT2D eigenvalue weighted by Crippen LogP contribution is -2.37. The van der Waals surface area contributed by atoms with E-state index in [2.05, 4.69) is 4.98 Å². The summed E-state index contributed by atoms with van der Waals surface area (Å²) in [6.45, 7) is 1.42. The van der Waals surface area contributed by atoms with E-state index in [4.69, 9.17) is 10.2 Å². The summed E-state index contributed by atoms with van der Waals surface area (Å²) in [5, 5.41) is 0.805. The maximum atomic E-state index is 12.7. The Kier molecular flexibility index (Phi) is 3.40. The highest BCUT2D eigenvalue weighted by molar-refractivity contribution is 6.01. The summed E-state index contributed by atoms with van der Waals surface area (Å²) in [4.78, 5) is 31.6. The van der Waals surface area contributed by atoms with Gasteiger partial charge in [-0.05, 0) is 36.8 Å². The standard InChI is InChI=1S/C19H20N4O3/c20-14-6-5-11-7-22(8-13(11)14)16(24)9-23-10-21-17-12-3-1-2-4-15(12)26-18(17)19(23)25/h1-4,10-11,13-14H,5-9,20H2. The minimum absolute atomic E-state index is 0.0203. The van der Waals surface area contributed by atoms with Crippen molar-refractivity contribution in [2.75, 3.05) is 13.1 Å². The van der Waals surface area contributed by atoms with Crippen LogP contribution in [0.3, 0.4) is 0 Å². The molecule has 7 heteroatoms. The molecule has 5 rings (SSSR count). The van der Waals surface area contributed by atoms with E-state index in [0.717, 1.165) is 24.8 Å². The highest BCUT2D eigenvalue weighted by Crippen LogP contribution is 2.37. The Morgan fingerprint density at radius 3 is 2.96 bits per heavy atom. The van der Waals surface area contributed by atoms with E-state index in [1.165, 1.54) is 10.9 Å². The molecule has 2 aromatic heterocycles. The van der Waals surface area contributed by atoms with Crippen molar-refractivity contribution >= 4 is 28.0 Å². The van der Waals surface area contributed by atoms with Crippen molar-refractivity contribution < 1.29 is 9.21 Å². The second-order valence-electron chi connectivity index (χ2n) is 7.42. The number of furan rings is 1. The Morgan fingerprint density at radius 2 is 2.12 bits per heavy atom. The summed E-state index contributed by atoms with van der Waals surface area (Å²) in [5.74, 6) is 0.833. The Bertz CT molecular complexity index is 1070. The van der Waals surface area contributed by atoms with Gasteiger partial charge in [-0.3, -0.25) is 14.2 Å². The Balaban J connectivity index is 1.43. The van der Waals surface area contributed by atoms with Gasteiger partial charge in [-0.25, -0.2) is 4.98 Å². The van der Waals surface area contributed by atoms with Gasteiger partial charge in [0, 0.05) is 24.5 Å². The van der Waals surface area contributed by atoms with Gasteiger partial charge in [-0.1, -0.05) is 12.1 Å². The van der Waals surface area contributed by atoms with Gasteiger partial charge in [0.05, 0.1) is 6.33 Å².